The molecule has 1 amide bonds. The van der Waals surface area contributed by atoms with E-state index in [0.29, 0.717) is 13.1 Å². The molecule has 1 fully saturated rings. The first-order valence-corrected chi connectivity index (χ1v) is 5.52. The average molecular weight is 241 g/mol. The minimum atomic E-state index is -0.666. The molecule has 1 aliphatic rings. The molecule has 0 atom stereocenters. The maximum atomic E-state index is 13.2. The number of hydrogen-bond acceptors (Lipinski definition) is 2. The molecule has 17 heavy (non-hydrogen) atoms. The summed E-state index contributed by atoms with van der Waals surface area (Å²) in [6.07, 6.45) is 1.97. The smallest absolute Gasteiger partial charge is 0.260 e. The number of carbonyl (C=O) groups is 1. The van der Waals surface area contributed by atoms with Gasteiger partial charge in [-0.05, 0) is 25.0 Å². The Balaban J connectivity index is 1.92. The highest BCUT2D eigenvalue weighted by Gasteiger charge is 2.18. The Kier molecular flexibility index (Phi) is 3.56. The minimum Gasteiger partial charge on any atom is -0.481 e. The summed E-state index contributed by atoms with van der Waals surface area (Å²) in [5, 5.41) is 0. The molecular formula is C12H13F2NO2. The molecule has 0 aliphatic carbocycles. The molecule has 0 N–H and O–H groups in total. The van der Waals surface area contributed by atoms with Gasteiger partial charge in [0.05, 0.1) is 0 Å². The molecule has 5 heteroatoms. The molecule has 0 aromatic heterocycles. The number of carbonyl (C=O) groups excluding carboxylic acids is 1. The van der Waals surface area contributed by atoms with Crippen LogP contribution in [0.3, 0.4) is 0 Å². The molecule has 0 unspecified atom stereocenters. The maximum Gasteiger partial charge on any atom is 0.260 e. The fourth-order valence-electron chi connectivity index (χ4n) is 1.79. The van der Waals surface area contributed by atoms with Gasteiger partial charge in [0.2, 0.25) is 0 Å². The predicted molar refractivity (Wildman–Crippen MR) is 57.7 cm³/mol. The Morgan fingerprint density at radius 3 is 2.71 bits per heavy atom. The third-order valence-corrected chi connectivity index (χ3v) is 2.70. The standard InChI is InChI=1S/C12H13F2NO2/c13-9-3-4-10(14)11(7-9)17-8-12(16)15-5-1-2-6-15/h3-4,7H,1-2,5-6,8H2. The number of rotatable bonds is 3. The van der Waals surface area contributed by atoms with Crippen molar-refractivity contribution in [3.05, 3.63) is 29.8 Å². The van der Waals surface area contributed by atoms with Gasteiger partial charge in [0.25, 0.3) is 5.91 Å². The SMILES string of the molecule is O=C(COc1cc(F)ccc1F)N1CCCC1. The second kappa shape index (κ2) is 5.12. The highest BCUT2D eigenvalue weighted by Crippen LogP contribution is 2.18. The van der Waals surface area contributed by atoms with Crippen LogP contribution < -0.4 is 4.74 Å². The van der Waals surface area contributed by atoms with Crippen molar-refractivity contribution in [2.24, 2.45) is 0 Å². The number of hydrogen-bond donors (Lipinski definition) is 0. The van der Waals surface area contributed by atoms with Gasteiger partial charge in [0.1, 0.15) is 5.82 Å². The monoisotopic (exact) mass is 241 g/mol. The van der Waals surface area contributed by atoms with E-state index in [9.17, 15) is 13.6 Å². The van der Waals surface area contributed by atoms with E-state index >= 15 is 0 Å². The predicted octanol–water partition coefficient (Wildman–Crippen LogP) is 1.97. The van der Waals surface area contributed by atoms with Gasteiger partial charge < -0.3 is 9.64 Å². The second-order valence-corrected chi connectivity index (χ2v) is 3.95. The molecule has 0 spiro atoms. The van der Waals surface area contributed by atoms with Crippen LogP contribution in [0.5, 0.6) is 5.75 Å². The van der Waals surface area contributed by atoms with Gasteiger partial charge in [-0.15, -0.1) is 0 Å². The third kappa shape index (κ3) is 2.93. The zero-order chi connectivity index (χ0) is 12.3. The minimum absolute atomic E-state index is 0.189. The van der Waals surface area contributed by atoms with Crippen molar-refractivity contribution in [2.45, 2.75) is 12.8 Å². The van der Waals surface area contributed by atoms with Gasteiger partial charge in [0, 0.05) is 19.2 Å². The van der Waals surface area contributed by atoms with E-state index in [2.05, 4.69) is 0 Å². The fraction of sp³-hybridized carbons (Fsp3) is 0.417. The van der Waals surface area contributed by atoms with Crippen molar-refractivity contribution in [1.82, 2.24) is 4.90 Å². The van der Waals surface area contributed by atoms with E-state index in [4.69, 9.17) is 4.74 Å². The number of halogens is 2. The first kappa shape index (κ1) is 11.8. The zero-order valence-electron chi connectivity index (χ0n) is 9.29. The van der Waals surface area contributed by atoms with Crippen molar-refractivity contribution in [3.8, 4) is 5.75 Å². The summed E-state index contributed by atoms with van der Waals surface area (Å²) >= 11 is 0. The Labute approximate surface area is 98.0 Å². The van der Waals surface area contributed by atoms with Crippen LogP contribution >= 0.6 is 0 Å². The molecule has 2 rings (SSSR count). The van der Waals surface area contributed by atoms with Crippen LogP contribution in [0.25, 0.3) is 0 Å². The molecule has 0 bridgehead atoms. The molecule has 0 saturated carbocycles. The van der Waals surface area contributed by atoms with E-state index in [0.717, 1.165) is 31.0 Å². The van der Waals surface area contributed by atoms with Crippen LogP contribution in [0, 0.1) is 11.6 Å². The number of amides is 1. The summed E-state index contributed by atoms with van der Waals surface area (Å²) in [6.45, 7) is 1.18. The second-order valence-electron chi connectivity index (χ2n) is 3.95. The van der Waals surface area contributed by atoms with Gasteiger partial charge in [-0.1, -0.05) is 0 Å². The van der Waals surface area contributed by atoms with E-state index in [1.54, 1.807) is 4.90 Å². The highest BCUT2D eigenvalue weighted by molar-refractivity contribution is 5.78. The van der Waals surface area contributed by atoms with Gasteiger partial charge in [-0.25, -0.2) is 8.78 Å². The van der Waals surface area contributed by atoms with Gasteiger partial charge in [-0.2, -0.15) is 0 Å². The van der Waals surface area contributed by atoms with Crippen molar-refractivity contribution >= 4 is 5.91 Å². The summed E-state index contributed by atoms with van der Waals surface area (Å²) in [5.74, 6) is -1.67. The van der Waals surface area contributed by atoms with Crippen LogP contribution in [0.1, 0.15) is 12.8 Å². The lowest BCUT2D eigenvalue weighted by Crippen LogP contribution is -2.32. The third-order valence-electron chi connectivity index (χ3n) is 2.70. The van der Waals surface area contributed by atoms with Crippen LogP contribution in [0.4, 0.5) is 8.78 Å². The summed E-state index contributed by atoms with van der Waals surface area (Å²) in [6, 6.07) is 2.92. The number of nitrogens with zero attached hydrogens (tertiary/aromatic N) is 1. The molecule has 1 aromatic carbocycles. The number of benzene rings is 1. The average Bonchev–Trinajstić information content (AvgIpc) is 2.83. The summed E-state index contributed by atoms with van der Waals surface area (Å²) < 4.78 is 31.0. The van der Waals surface area contributed by atoms with Gasteiger partial charge in [-0.3, -0.25) is 4.79 Å². The molecule has 92 valence electrons. The highest BCUT2D eigenvalue weighted by atomic mass is 19.1. The first-order chi connectivity index (χ1) is 8.16. The molecule has 1 heterocycles. The normalized spacial score (nSPS) is 15.1. The van der Waals surface area contributed by atoms with Crippen LogP contribution in [0.2, 0.25) is 0 Å². The van der Waals surface area contributed by atoms with Crippen LogP contribution in [-0.4, -0.2) is 30.5 Å². The van der Waals surface area contributed by atoms with Crippen LogP contribution in [-0.2, 0) is 4.79 Å². The van der Waals surface area contributed by atoms with Crippen molar-refractivity contribution < 1.29 is 18.3 Å². The number of ether oxygens (including phenoxy) is 1. The van der Waals surface area contributed by atoms with Gasteiger partial charge >= 0.3 is 0 Å². The fourth-order valence-corrected chi connectivity index (χ4v) is 1.79. The molecule has 1 saturated heterocycles. The largest absolute Gasteiger partial charge is 0.481 e. The van der Waals surface area contributed by atoms with Crippen LogP contribution in [0.15, 0.2) is 18.2 Å². The van der Waals surface area contributed by atoms with E-state index in [1.165, 1.54) is 0 Å². The Bertz CT molecular complexity index is 417. The molecule has 1 aliphatic heterocycles. The maximum absolute atomic E-state index is 13.2. The van der Waals surface area contributed by atoms with Crippen molar-refractivity contribution in [2.75, 3.05) is 19.7 Å². The summed E-state index contributed by atoms with van der Waals surface area (Å²) in [7, 11) is 0. The molecular weight excluding hydrogens is 228 g/mol. The first-order valence-electron chi connectivity index (χ1n) is 5.52. The lowest BCUT2D eigenvalue weighted by Gasteiger charge is -2.15. The van der Waals surface area contributed by atoms with Crippen molar-refractivity contribution in [3.63, 3.8) is 0 Å². The molecule has 0 radical (unpaired) electrons. The summed E-state index contributed by atoms with van der Waals surface area (Å²) in [5.41, 5.74) is 0. The van der Waals surface area contributed by atoms with E-state index in [1.807, 2.05) is 0 Å². The van der Waals surface area contributed by atoms with E-state index < -0.39 is 11.6 Å². The summed E-state index contributed by atoms with van der Waals surface area (Å²) in [4.78, 5) is 13.3. The van der Waals surface area contributed by atoms with E-state index in [-0.39, 0.29) is 18.3 Å². The zero-order valence-corrected chi connectivity index (χ0v) is 9.29. The molecule has 3 nitrogen and oxygen atoms in total. The Morgan fingerprint density at radius 2 is 2.00 bits per heavy atom. The Hall–Kier alpha value is -1.65. The Morgan fingerprint density at radius 1 is 1.29 bits per heavy atom. The lowest BCUT2D eigenvalue weighted by molar-refractivity contribution is -0.132. The van der Waals surface area contributed by atoms with Gasteiger partial charge in [0.15, 0.2) is 18.2 Å². The number of likely N-dealkylation sites (tertiary alicyclic amines) is 1. The quantitative estimate of drug-likeness (QED) is 0.809. The molecule has 1 aromatic rings. The topological polar surface area (TPSA) is 29.5 Å². The lowest BCUT2D eigenvalue weighted by atomic mass is 10.3. The van der Waals surface area contributed by atoms with Crippen molar-refractivity contribution in [1.29, 1.82) is 0 Å².